The van der Waals surface area contributed by atoms with Crippen molar-refractivity contribution in [3.8, 4) is 22.3 Å². The highest BCUT2D eigenvalue weighted by atomic mass is 32.2. The second-order valence-corrected chi connectivity index (χ2v) is 9.47. The van der Waals surface area contributed by atoms with Crippen LogP contribution in [0.4, 0.5) is 0 Å². The molecule has 1 atom stereocenters. The molecule has 5 rings (SSSR count). The van der Waals surface area contributed by atoms with Gasteiger partial charge in [-0.25, -0.2) is 8.42 Å². The van der Waals surface area contributed by atoms with Gasteiger partial charge in [-0.2, -0.15) is 0 Å². The third-order valence-electron chi connectivity index (χ3n) is 5.69. The molecular weight excluding hydrogens is 376 g/mol. The molecule has 142 valence electrons. The fourth-order valence-electron chi connectivity index (χ4n) is 4.32. The first-order valence-electron chi connectivity index (χ1n) is 9.72. The van der Waals surface area contributed by atoms with Gasteiger partial charge in [-0.15, -0.1) is 0 Å². The summed E-state index contributed by atoms with van der Waals surface area (Å²) in [5.41, 5.74) is 6.33. The third-order valence-corrected chi connectivity index (χ3v) is 7.79. The maximum atomic E-state index is 13.6. The van der Waals surface area contributed by atoms with E-state index in [9.17, 15) is 8.42 Å². The molecule has 0 aromatic heterocycles. The molecule has 0 unspecified atom stereocenters. The van der Waals surface area contributed by atoms with Gasteiger partial charge in [0.15, 0.2) is 9.84 Å². The van der Waals surface area contributed by atoms with Crippen LogP contribution in [0.5, 0.6) is 0 Å². The Morgan fingerprint density at radius 3 is 1.93 bits per heavy atom. The zero-order valence-corrected chi connectivity index (χ0v) is 16.6. The number of fused-ring (bicyclic) bond motifs is 3. The van der Waals surface area contributed by atoms with E-state index in [2.05, 4.69) is 30.3 Å². The van der Waals surface area contributed by atoms with Gasteiger partial charge in [-0.3, -0.25) is 0 Å². The second-order valence-electron chi connectivity index (χ2n) is 7.34. The van der Waals surface area contributed by atoms with Gasteiger partial charge in [0.25, 0.3) is 0 Å². The van der Waals surface area contributed by atoms with Crippen molar-refractivity contribution in [3.63, 3.8) is 0 Å². The Kier molecular flexibility index (Phi) is 4.33. The highest BCUT2D eigenvalue weighted by molar-refractivity contribution is 7.91. The maximum absolute atomic E-state index is 13.6. The summed E-state index contributed by atoms with van der Waals surface area (Å²) in [7, 11) is -3.52. The van der Waals surface area contributed by atoms with Gasteiger partial charge in [0.2, 0.25) is 0 Å². The molecule has 0 radical (unpaired) electrons. The average molecular weight is 397 g/mol. The van der Waals surface area contributed by atoms with Crippen molar-refractivity contribution in [1.29, 1.82) is 0 Å². The molecule has 0 saturated carbocycles. The summed E-state index contributed by atoms with van der Waals surface area (Å²) >= 11 is 0. The van der Waals surface area contributed by atoms with E-state index in [4.69, 9.17) is 0 Å². The molecule has 1 aliphatic rings. The van der Waals surface area contributed by atoms with Gasteiger partial charge in [0.1, 0.15) is 0 Å². The normalized spacial score (nSPS) is 15.4. The molecule has 4 aromatic carbocycles. The lowest BCUT2D eigenvalue weighted by atomic mass is 9.81. The van der Waals surface area contributed by atoms with Crippen molar-refractivity contribution in [1.82, 2.24) is 0 Å². The molecule has 0 aliphatic heterocycles. The largest absolute Gasteiger partial charge is 0.223 e. The number of rotatable bonds is 3. The number of benzene rings is 4. The van der Waals surface area contributed by atoms with Crippen LogP contribution in [-0.4, -0.2) is 8.42 Å². The molecular formula is C26H20O2S. The first kappa shape index (κ1) is 17.9. The minimum atomic E-state index is -3.52. The van der Waals surface area contributed by atoms with E-state index < -0.39 is 15.1 Å². The second kappa shape index (κ2) is 7.02. The van der Waals surface area contributed by atoms with E-state index in [1.165, 1.54) is 0 Å². The van der Waals surface area contributed by atoms with Crippen LogP contribution in [0.1, 0.15) is 16.4 Å². The van der Waals surface area contributed by atoms with Crippen molar-refractivity contribution >= 4 is 9.84 Å². The van der Waals surface area contributed by atoms with E-state index in [1.807, 2.05) is 48.5 Å². The van der Waals surface area contributed by atoms with Crippen LogP contribution in [0.3, 0.4) is 0 Å². The van der Waals surface area contributed by atoms with Crippen LogP contribution in [-0.2, 0) is 16.3 Å². The van der Waals surface area contributed by atoms with Crippen molar-refractivity contribution in [3.05, 3.63) is 114 Å². The third kappa shape index (κ3) is 2.99. The summed E-state index contributed by atoms with van der Waals surface area (Å²) in [6, 6.07) is 33.1. The van der Waals surface area contributed by atoms with Crippen molar-refractivity contribution < 1.29 is 8.42 Å². The molecule has 4 aromatic rings. The van der Waals surface area contributed by atoms with Gasteiger partial charge in [0, 0.05) is 0 Å². The lowest BCUT2D eigenvalue weighted by molar-refractivity contribution is 0.580. The topological polar surface area (TPSA) is 34.1 Å². The molecule has 0 spiro atoms. The molecule has 0 N–H and O–H groups in total. The predicted octanol–water partition coefficient (Wildman–Crippen LogP) is 6.09. The Balaban J connectivity index is 1.74. The Bertz CT molecular complexity index is 1260. The smallest absolute Gasteiger partial charge is 0.185 e. The first-order chi connectivity index (χ1) is 14.2. The molecule has 0 heterocycles. The van der Waals surface area contributed by atoms with Crippen LogP contribution in [0.15, 0.2) is 108 Å². The van der Waals surface area contributed by atoms with Crippen molar-refractivity contribution in [2.75, 3.05) is 0 Å². The van der Waals surface area contributed by atoms with E-state index in [1.54, 1.807) is 24.3 Å². The zero-order chi connectivity index (χ0) is 19.8. The predicted molar refractivity (Wildman–Crippen MR) is 117 cm³/mol. The lowest BCUT2D eigenvalue weighted by Gasteiger charge is -2.29. The summed E-state index contributed by atoms with van der Waals surface area (Å²) < 4.78 is 27.2. The van der Waals surface area contributed by atoms with Crippen LogP contribution in [0.2, 0.25) is 0 Å². The first-order valence-corrected chi connectivity index (χ1v) is 11.3. The Morgan fingerprint density at radius 2 is 1.17 bits per heavy atom. The Morgan fingerprint density at radius 1 is 0.586 bits per heavy atom. The van der Waals surface area contributed by atoms with E-state index in [-0.39, 0.29) is 0 Å². The fourth-order valence-corrected chi connectivity index (χ4v) is 6.11. The van der Waals surface area contributed by atoms with Crippen LogP contribution in [0.25, 0.3) is 22.3 Å². The monoisotopic (exact) mass is 396 g/mol. The van der Waals surface area contributed by atoms with Gasteiger partial charge < -0.3 is 0 Å². The van der Waals surface area contributed by atoms with Crippen LogP contribution < -0.4 is 0 Å². The molecule has 0 fully saturated rings. The Labute approximate surface area is 171 Å². The molecule has 29 heavy (non-hydrogen) atoms. The summed E-state index contributed by atoms with van der Waals surface area (Å²) in [6.07, 6.45) is 0.467. The van der Waals surface area contributed by atoms with Gasteiger partial charge in [-0.1, -0.05) is 91.0 Å². The summed E-state index contributed by atoms with van der Waals surface area (Å²) in [6.45, 7) is 0. The molecule has 0 amide bonds. The van der Waals surface area contributed by atoms with Crippen LogP contribution in [0, 0.1) is 0 Å². The molecule has 0 saturated heterocycles. The summed E-state index contributed by atoms with van der Waals surface area (Å²) in [4.78, 5) is 0.375. The molecule has 2 nitrogen and oxygen atoms in total. The van der Waals surface area contributed by atoms with Crippen LogP contribution >= 0.6 is 0 Å². The molecule has 3 heteroatoms. The standard InChI is InChI=1S/C26H20O2S/c27-29(28,20-12-5-2-6-13-20)26-18-25-21(19-10-3-1-4-11-19)16-9-17-23(25)22-14-7-8-15-24(22)26/h1-17,26H,18H2/t26-/m0/s1. The van der Waals surface area contributed by atoms with Crippen molar-refractivity contribution in [2.45, 2.75) is 16.6 Å². The number of hydrogen-bond donors (Lipinski definition) is 0. The van der Waals surface area contributed by atoms with E-state index >= 15 is 0 Å². The SMILES string of the molecule is O=S(=O)(c1ccccc1)[C@H]1Cc2c(-c3ccccc3)cccc2-c2ccccc21. The van der Waals surface area contributed by atoms with E-state index in [0.717, 1.165) is 33.4 Å². The lowest BCUT2D eigenvalue weighted by Crippen LogP contribution is -2.21. The van der Waals surface area contributed by atoms with E-state index in [0.29, 0.717) is 11.3 Å². The van der Waals surface area contributed by atoms with Gasteiger partial charge in [-0.05, 0) is 51.9 Å². The van der Waals surface area contributed by atoms with Gasteiger partial charge in [0.05, 0.1) is 10.1 Å². The highest BCUT2D eigenvalue weighted by Gasteiger charge is 2.35. The van der Waals surface area contributed by atoms with Gasteiger partial charge >= 0.3 is 0 Å². The average Bonchev–Trinajstić information content (AvgIpc) is 2.79. The Hall–Kier alpha value is -3.17. The fraction of sp³-hybridized carbons (Fsp3) is 0.0769. The maximum Gasteiger partial charge on any atom is 0.185 e. The quantitative estimate of drug-likeness (QED) is 0.420. The molecule has 0 bridgehead atoms. The molecule has 1 aliphatic carbocycles. The van der Waals surface area contributed by atoms with Crippen molar-refractivity contribution in [2.24, 2.45) is 0 Å². The zero-order valence-electron chi connectivity index (χ0n) is 15.8. The summed E-state index contributed by atoms with van der Waals surface area (Å²) in [5, 5.41) is -0.599. The summed E-state index contributed by atoms with van der Waals surface area (Å²) in [5.74, 6) is 0. The number of hydrogen-bond acceptors (Lipinski definition) is 2. The minimum Gasteiger partial charge on any atom is -0.223 e. The number of sulfone groups is 1. The highest BCUT2D eigenvalue weighted by Crippen LogP contribution is 2.46. The minimum absolute atomic E-state index is 0.375.